The number of nitrogens with one attached hydrogen (secondary N) is 1. The van der Waals surface area contributed by atoms with Gasteiger partial charge in [0.15, 0.2) is 0 Å². The first kappa shape index (κ1) is 20.1. The van der Waals surface area contributed by atoms with Crippen LogP contribution in [0.25, 0.3) is 6.08 Å². The highest BCUT2D eigenvalue weighted by atomic mass is 32.2. The average Bonchev–Trinajstić information content (AvgIpc) is 3.26. The van der Waals surface area contributed by atoms with E-state index in [2.05, 4.69) is 5.32 Å². The van der Waals surface area contributed by atoms with Gasteiger partial charge in [-0.05, 0) is 66.9 Å². The number of hydrogen-bond acceptors (Lipinski definition) is 4. The van der Waals surface area contributed by atoms with Gasteiger partial charge in [0, 0.05) is 24.9 Å². The van der Waals surface area contributed by atoms with Crippen LogP contribution in [-0.2, 0) is 27.8 Å². The van der Waals surface area contributed by atoms with Crippen molar-refractivity contribution in [1.29, 1.82) is 0 Å². The third-order valence-corrected chi connectivity index (χ3v) is 6.91. The van der Waals surface area contributed by atoms with Gasteiger partial charge in [0.2, 0.25) is 15.9 Å². The SMILES string of the molecule is Cc1ccc(S(=O)(=O)N2CCc3ccc(NC(=O)/C=C/c4ccco4)cc3C2)cc1. The van der Waals surface area contributed by atoms with Gasteiger partial charge in [-0.3, -0.25) is 4.79 Å². The van der Waals surface area contributed by atoms with Crippen molar-refractivity contribution in [3.8, 4) is 0 Å². The van der Waals surface area contributed by atoms with E-state index in [-0.39, 0.29) is 12.5 Å². The Morgan fingerprint density at radius 1 is 1.10 bits per heavy atom. The molecule has 30 heavy (non-hydrogen) atoms. The molecule has 1 aliphatic rings. The normalized spacial score (nSPS) is 14.6. The zero-order chi connectivity index (χ0) is 21.1. The lowest BCUT2D eigenvalue weighted by molar-refractivity contribution is -0.111. The number of sulfonamides is 1. The summed E-state index contributed by atoms with van der Waals surface area (Å²) in [5.41, 5.74) is 3.62. The van der Waals surface area contributed by atoms with Gasteiger partial charge in [-0.25, -0.2) is 8.42 Å². The van der Waals surface area contributed by atoms with Crippen LogP contribution in [0.15, 0.2) is 76.2 Å². The zero-order valence-corrected chi connectivity index (χ0v) is 17.4. The molecule has 3 aromatic rings. The number of carbonyl (C=O) groups is 1. The molecule has 0 fully saturated rings. The van der Waals surface area contributed by atoms with E-state index in [4.69, 9.17) is 4.42 Å². The minimum atomic E-state index is -3.57. The van der Waals surface area contributed by atoms with Crippen LogP contribution in [0, 0.1) is 6.92 Å². The molecule has 0 spiro atoms. The van der Waals surface area contributed by atoms with Crippen molar-refractivity contribution in [2.24, 2.45) is 0 Å². The number of rotatable bonds is 5. The van der Waals surface area contributed by atoms with E-state index in [9.17, 15) is 13.2 Å². The van der Waals surface area contributed by atoms with E-state index in [0.29, 0.717) is 29.3 Å². The molecule has 0 atom stereocenters. The van der Waals surface area contributed by atoms with Crippen LogP contribution >= 0.6 is 0 Å². The van der Waals surface area contributed by atoms with Crippen LogP contribution in [0.5, 0.6) is 0 Å². The molecular formula is C23H22N2O4S. The molecule has 1 aromatic heterocycles. The van der Waals surface area contributed by atoms with E-state index in [1.54, 1.807) is 42.5 Å². The predicted octanol–water partition coefficient (Wildman–Crippen LogP) is 3.99. The third kappa shape index (κ3) is 4.37. The lowest BCUT2D eigenvalue weighted by atomic mass is 10.0. The van der Waals surface area contributed by atoms with Crippen molar-refractivity contribution in [1.82, 2.24) is 4.31 Å². The third-order valence-electron chi connectivity index (χ3n) is 5.05. The van der Waals surface area contributed by atoms with Crippen LogP contribution < -0.4 is 5.32 Å². The van der Waals surface area contributed by atoms with Gasteiger partial charge < -0.3 is 9.73 Å². The highest BCUT2D eigenvalue weighted by molar-refractivity contribution is 7.89. The van der Waals surface area contributed by atoms with Crippen molar-refractivity contribution in [3.63, 3.8) is 0 Å². The topological polar surface area (TPSA) is 79.6 Å². The number of nitrogens with zero attached hydrogens (tertiary/aromatic N) is 1. The van der Waals surface area contributed by atoms with Gasteiger partial charge in [-0.2, -0.15) is 4.31 Å². The summed E-state index contributed by atoms with van der Waals surface area (Å²) in [6.07, 6.45) is 5.15. The molecule has 7 heteroatoms. The maximum atomic E-state index is 13.0. The minimum Gasteiger partial charge on any atom is -0.465 e. The largest absolute Gasteiger partial charge is 0.465 e. The Balaban J connectivity index is 1.49. The van der Waals surface area contributed by atoms with Gasteiger partial charge in [0.25, 0.3) is 0 Å². The standard InChI is InChI=1S/C23H22N2O4S/c1-17-4-9-22(10-5-17)30(27,28)25-13-12-18-6-7-20(15-19(18)16-25)24-23(26)11-8-21-3-2-14-29-21/h2-11,14-15H,12-13,16H2,1H3,(H,24,26)/b11-8+. The van der Waals surface area contributed by atoms with E-state index in [0.717, 1.165) is 16.7 Å². The Labute approximate surface area is 175 Å². The van der Waals surface area contributed by atoms with Crippen LogP contribution in [0.3, 0.4) is 0 Å². The lowest BCUT2D eigenvalue weighted by Gasteiger charge is -2.28. The number of fused-ring (bicyclic) bond motifs is 1. The highest BCUT2D eigenvalue weighted by Gasteiger charge is 2.28. The van der Waals surface area contributed by atoms with Gasteiger partial charge in [-0.15, -0.1) is 0 Å². The van der Waals surface area contributed by atoms with Crippen molar-refractivity contribution < 1.29 is 17.6 Å². The van der Waals surface area contributed by atoms with Crippen molar-refractivity contribution in [2.75, 3.05) is 11.9 Å². The molecule has 2 aromatic carbocycles. The second-order valence-electron chi connectivity index (χ2n) is 7.22. The zero-order valence-electron chi connectivity index (χ0n) is 16.5. The molecule has 2 heterocycles. The maximum Gasteiger partial charge on any atom is 0.248 e. The van der Waals surface area contributed by atoms with E-state index in [1.807, 2.05) is 25.1 Å². The Morgan fingerprint density at radius 2 is 1.90 bits per heavy atom. The first-order chi connectivity index (χ1) is 14.4. The summed E-state index contributed by atoms with van der Waals surface area (Å²) in [5.74, 6) is 0.304. The Hall–Kier alpha value is -3.16. The number of carbonyl (C=O) groups excluding carboxylic acids is 1. The quantitative estimate of drug-likeness (QED) is 0.631. The summed E-state index contributed by atoms with van der Waals surface area (Å²) < 4.78 is 32.7. The number of furan rings is 1. The molecule has 0 radical (unpaired) electrons. The molecule has 0 aliphatic carbocycles. The number of amides is 1. The molecule has 1 amide bonds. The first-order valence-electron chi connectivity index (χ1n) is 9.63. The maximum absolute atomic E-state index is 13.0. The Bertz CT molecular complexity index is 1180. The fraction of sp³-hybridized carbons (Fsp3) is 0.174. The summed E-state index contributed by atoms with van der Waals surface area (Å²) in [7, 11) is -3.57. The number of benzene rings is 2. The Kier molecular flexibility index (Phi) is 5.57. The molecule has 1 N–H and O–H groups in total. The van der Waals surface area contributed by atoms with E-state index < -0.39 is 10.0 Å². The molecule has 0 saturated heterocycles. The molecule has 1 aliphatic heterocycles. The molecule has 154 valence electrons. The van der Waals surface area contributed by atoms with Crippen LogP contribution in [-0.4, -0.2) is 25.2 Å². The first-order valence-corrected chi connectivity index (χ1v) is 11.1. The van der Waals surface area contributed by atoms with Crippen molar-refractivity contribution in [2.45, 2.75) is 24.8 Å². The highest BCUT2D eigenvalue weighted by Crippen LogP contribution is 2.27. The molecule has 6 nitrogen and oxygen atoms in total. The van der Waals surface area contributed by atoms with E-state index >= 15 is 0 Å². The predicted molar refractivity (Wildman–Crippen MR) is 115 cm³/mol. The molecule has 4 rings (SSSR count). The van der Waals surface area contributed by atoms with Crippen LogP contribution in [0.2, 0.25) is 0 Å². The lowest BCUT2D eigenvalue weighted by Crippen LogP contribution is -2.36. The molecule has 0 saturated carbocycles. The van der Waals surface area contributed by atoms with Gasteiger partial charge >= 0.3 is 0 Å². The van der Waals surface area contributed by atoms with Gasteiger partial charge in [0.05, 0.1) is 11.2 Å². The second-order valence-corrected chi connectivity index (χ2v) is 9.16. The summed E-state index contributed by atoms with van der Waals surface area (Å²) in [6, 6.07) is 16.0. The number of hydrogen-bond donors (Lipinski definition) is 1. The summed E-state index contributed by atoms with van der Waals surface area (Å²) in [4.78, 5) is 12.5. The summed E-state index contributed by atoms with van der Waals surface area (Å²) >= 11 is 0. The summed E-state index contributed by atoms with van der Waals surface area (Å²) in [6.45, 7) is 2.63. The monoisotopic (exact) mass is 422 g/mol. The van der Waals surface area contributed by atoms with E-state index in [1.165, 1.54) is 16.6 Å². The fourth-order valence-electron chi connectivity index (χ4n) is 3.40. The minimum absolute atomic E-state index is 0.275. The van der Waals surface area contributed by atoms with Gasteiger partial charge in [0.1, 0.15) is 5.76 Å². The summed E-state index contributed by atoms with van der Waals surface area (Å²) in [5, 5.41) is 2.81. The van der Waals surface area contributed by atoms with Crippen molar-refractivity contribution in [3.05, 3.63) is 89.4 Å². The van der Waals surface area contributed by atoms with Gasteiger partial charge in [-0.1, -0.05) is 23.8 Å². The fourth-order valence-corrected chi connectivity index (χ4v) is 4.82. The number of aryl methyl sites for hydroxylation is 1. The smallest absolute Gasteiger partial charge is 0.248 e. The average molecular weight is 423 g/mol. The number of anilines is 1. The van der Waals surface area contributed by atoms with Crippen LogP contribution in [0.1, 0.15) is 22.5 Å². The molecule has 0 unspecified atom stereocenters. The second kappa shape index (κ2) is 8.30. The Morgan fingerprint density at radius 3 is 2.63 bits per heavy atom. The molecule has 0 bridgehead atoms. The van der Waals surface area contributed by atoms with Crippen molar-refractivity contribution >= 4 is 27.7 Å². The molecular weight excluding hydrogens is 400 g/mol. The van der Waals surface area contributed by atoms with Crippen LogP contribution in [0.4, 0.5) is 5.69 Å².